The van der Waals surface area contributed by atoms with Crippen molar-refractivity contribution in [2.45, 2.75) is 36.4 Å². The molecule has 39 heavy (non-hydrogen) atoms. The highest BCUT2D eigenvalue weighted by molar-refractivity contribution is 8.01. The van der Waals surface area contributed by atoms with E-state index in [2.05, 4.69) is 27.7 Å². The number of nitriles is 2. The number of nitrogens with zero attached hydrogens (tertiary/aromatic N) is 5. The zero-order valence-corrected chi connectivity index (χ0v) is 22.6. The van der Waals surface area contributed by atoms with Crippen LogP contribution in [-0.2, 0) is 9.59 Å². The predicted molar refractivity (Wildman–Crippen MR) is 150 cm³/mol. The molecule has 0 fully saturated rings. The largest absolute Gasteiger partial charge is 0.384 e. The normalized spacial score (nSPS) is 16.9. The van der Waals surface area contributed by atoms with E-state index in [1.165, 1.54) is 23.1 Å². The Hall–Kier alpha value is -4.45. The monoisotopic (exact) mass is 553 g/mol. The molecule has 1 amide bonds. The number of hydrogen-bond acceptors (Lipinski definition) is 10. The molecule has 1 aromatic heterocycles. The number of hydrogen-bond donors (Lipinski definition) is 2. The smallest absolute Gasteiger partial charge is 0.234 e. The molecule has 3 N–H and O–H groups in total. The number of aryl methyl sites for hydroxylation is 1. The van der Waals surface area contributed by atoms with Gasteiger partial charge in [0.1, 0.15) is 11.9 Å². The summed E-state index contributed by atoms with van der Waals surface area (Å²) < 4.78 is 0.533. The molecule has 1 aliphatic heterocycles. The Bertz CT molecular complexity index is 1630. The predicted octanol–water partition coefficient (Wildman–Crippen LogP) is 4.75. The average molecular weight is 554 g/mol. The molecule has 5 rings (SSSR count). The fourth-order valence-electron chi connectivity index (χ4n) is 4.88. The summed E-state index contributed by atoms with van der Waals surface area (Å²) >= 11 is 2.44. The van der Waals surface area contributed by atoms with Gasteiger partial charge < -0.3 is 11.1 Å². The Morgan fingerprint density at radius 2 is 1.92 bits per heavy atom. The second-order valence-electron chi connectivity index (χ2n) is 9.02. The molecule has 11 heteroatoms. The number of benzene rings is 2. The van der Waals surface area contributed by atoms with E-state index in [0.29, 0.717) is 51.1 Å². The third-order valence-electron chi connectivity index (χ3n) is 6.65. The molecule has 1 atom stereocenters. The van der Waals surface area contributed by atoms with Crippen LogP contribution >= 0.6 is 23.1 Å². The van der Waals surface area contributed by atoms with Gasteiger partial charge in [-0.05, 0) is 43.0 Å². The van der Waals surface area contributed by atoms with Crippen LogP contribution in [0.4, 0.5) is 10.8 Å². The number of anilines is 2. The average Bonchev–Trinajstić information content (AvgIpc) is 3.40. The highest BCUT2D eigenvalue weighted by Gasteiger charge is 2.41. The first-order valence-corrected chi connectivity index (χ1v) is 14.0. The number of Topliss-reactive ketones (excluding diaryl/α,β-unsaturated/α-hetero) is 1. The standard InChI is InChI=1S/C28H23N7O2S2/c1-16-7-2-4-9-18(16)24-19(14-30)26(31)35(21-11-6-12-22(36)25(21)24)27-33-34-28(39-27)38-15-23(37)32-20-10-5-3-8-17(20)13-29/h2-5,7-10,24H,6,11-12,15,31H2,1H3,(H,32,37). The van der Waals surface area contributed by atoms with E-state index in [9.17, 15) is 20.1 Å². The van der Waals surface area contributed by atoms with Gasteiger partial charge in [0.15, 0.2) is 10.1 Å². The van der Waals surface area contributed by atoms with Gasteiger partial charge in [-0.3, -0.25) is 14.5 Å². The third kappa shape index (κ3) is 5.02. The number of nitrogens with two attached hydrogens (primary N) is 1. The molecule has 1 aliphatic carbocycles. The Morgan fingerprint density at radius 1 is 1.15 bits per heavy atom. The fraction of sp³-hybridized carbons (Fsp3) is 0.214. The molecule has 2 aliphatic rings. The number of aromatic nitrogens is 2. The summed E-state index contributed by atoms with van der Waals surface area (Å²) in [6, 6.07) is 18.8. The molecule has 0 spiro atoms. The van der Waals surface area contributed by atoms with Crippen LogP contribution in [0.1, 0.15) is 41.9 Å². The topological polar surface area (TPSA) is 149 Å². The number of rotatable bonds is 6. The highest BCUT2D eigenvalue weighted by atomic mass is 32.2. The number of nitrogens with one attached hydrogen (secondary N) is 1. The number of para-hydroxylation sites is 1. The molecular formula is C28H23N7O2S2. The van der Waals surface area contributed by atoms with Crippen LogP contribution in [0.25, 0.3) is 0 Å². The van der Waals surface area contributed by atoms with Crippen molar-refractivity contribution in [3.05, 3.63) is 87.9 Å². The molecule has 1 unspecified atom stereocenters. The van der Waals surface area contributed by atoms with Crippen LogP contribution in [0, 0.1) is 29.6 Å². The molecule has 3 aromatic rings. The van der Waals surface area contributed by atoms with Crippen LogP contribution in [0.2, 0.25) is 0 Å². The van der Waals surface area contributed by atoms with E-state index in [4.69, 9.17) is 5.73 Å². The quantitative estimate of drug-likeness (QED) is 0.412. The van der Waals surface area contributed by atoms with Crippen molar-refractivity contribution < 1.29 is 9.59 Å². The highest BCUT2D eigenvalue weighted by Crippen LogP contribution is 2.47. The summed E-state index contributed by atoms with van der Waals surface area (Å²) in [6.07, 6.45) is 1.70. The number of amides is 1. The molecule has 9 nitrogen and oxygen atoms in total. The first-order valence-electron chi connectivity index (χ1n) is 12.2. The summed E-state index contributed by atoms with van der Waals surface area (Å²) in [4.78, 5) is 27.5. The summed E-state index contributed by atoms with van der Waals surface area (Å²) in [6.45, 7) is 1.96. The summed E-state index contributed by atoms with van der Waals surface area (Å²) in [7, 11) is 0. The Labute approximate surface area is 233 Å². The van der Waals surface area contributed by atoms with E-state index < -0.39 is 5.92 Å². The van der Waals surface area contributed by atoms with Gasteiger partial charge in [0, 0.05) is 17.7 Å². The summed E-state index contributed by atoms with van der Waals surface area (Å²) in [5.74, 6) is -0.518. The maximum absolute atomic E-state index is 13.3. The van der Waals surface area contributed by atoms with E-state index in [0.717, 1.165) is 16.8 Å². The fourth-order valence-corrected chi connectivity index (χ4v) is 6.56. The van der Waals surface area contributed by atoms with E-state index >= 15 is 0 Å². The third-order valence-corrected chi connectivity index (χ3v) is 8.69. The second kappa shape index (κ2) is 11.1. The molecule has 0 radical (unpaired) electrons. The van der Waals surface area contributed by atoms with Crippen molar-refractivity contribution >= 4 is 45.6 Å². The number of carbonyl (C=O) groups excluding carboxylic acids is 2. The summed E-state index contributed by atoms with van der Waals surface area (Å²) in [5, 5.41) is 31.1. The van der Waals surface area contributed by atoms with Gasteiger partial charge in [0.05, 0.1) is 34.6 Å². The van der Waals surface area contributed by atoms with Crippen molar-refractivity contribution in [2.24, 2.45) is 5.73 Å². The first-order chi connectivity index (χ1) is 18.9. The molecular weight excluding hydrogens is 530 g/mol. The van der Waals surface area contributed by atoms with E-state index in [1.54, 1.807) is 29.2 Å². The number of thioether (sulfide) groups is 1. The SMILES string of the molecule is Cc1ccccc1C1C(C#N)=C(N)N(c2nnc(SCC(=O)Nc3ccccc3C#N)s2)C2=C1C(=O)CCC2. The molecule has 0 saturated heterocycles. The van der Waals surface area contributed by atoms with Crippen LogP contribution in [0.3, 0.4) is 0 Å². The van der Waals surface area contributed by atoms with E-state index in [1.807, 2.05) is 31.2 Å². The van der Waals surface area contributed by atoms with Gasteiger partial charge in [-0.15, -0.1) is 10.2 Å². The molecule has 2 aromatic carbocycles. The summed E-state index contributed by atoms with van der Waals surface area (Å²) in [5.41, 5.74) is 10.9. The zero-order chi connectivity index (χ0) is 27.5. The van der Waals surface area contributed by atoms with Crippen LogP contribution < -0.4 is 16.0 Å². The molecule has 0 saturated carbocycles. The Kier molecular flexibility index (Phi) is 7.46. The minimum absolute atomic E-state index is 0.00295. The van der Waals surface area contributed by atoms with Gasteiger partial charge >= 0.3 is 0 Å². The number of carbonyl (C=O) groups is 2. The maximum Gasteiger partial charge on any atom is 0.234 e. The number of ketones is 1. The first kappa shape index (κ1) is 26.2. The van der Waals surface area contributed by atoms with E-state index in [-0.39, 0.29) is 23.3 Å². The van der Waals surface area contributed by atoms with Crippen molar-refractivity contribution in [3.8, 4) is 12.1 Å². The number of allylic oxidation sites excluding steroid dienone is 3. The second-order valence-corrected chi connectivity index (χ2v) is 11.2. The van der Waals surface area contributed by atoms with Crippen molar-refractivity contribution in [3.63, 3.8) is 0 Å². The van der Waals surface area contributed by atoms with Gasteiger partial charge in [0.25, 0.3) is 0 Å². The van der Waals surface area contributed by atoms with Crippen LogP contribution in [-0.4, -0.2) is 27.6 Å². The lowest BCUT2D eigenvalue weighted by Gasteiger charge is -2.38. The van der Waals surface area contributed by atoms with Gasteiger partial charge in [-0.1, -0.05) is 59.5 Å². The van der Waals surface area contributed by atoms with Crippen molar-refractivity contribution in [1.82, 2.24) is 10.2 Å². The van der Waals surface area contributed by atoms with Crippen LogP contribution in [0.15, 0.2) is 75.5 Å². The molecule has 194 valence electrons. The van der Waals surface area contributed by atoms with Gasteiger partial charge in [-0.25, -0.2) is 0 Å². The Balaban J connectivity index is 1.43. The lowest BCUT2D eigenvalue weighted by atomic mass is 9.75. The lowest BCUT2D eigenvalue weighted by Crippen LogP contribution is -2.38. The molecule has 0 bridgehead atoms. The maximum atomic E-state index is 13.3. The Morgan fingerprint density at radius 3 is 2.69 bits per heavy atom. The van der Waals surface area contributed by atoms with Gasteiger partial charge in [-0.2, -0.15) is 10.5 Å². The lowest BCUT2D eigenvalue weighted by molar-refractivity contribution is -0.116. The van der Waals surface area contributed by atoms with Gasteiger partial charge in [0.2, 0.25) is 11.0 Å². The van der Waals surface area contributed by atoms with Crippen LogP contribution in [0.5, 0.6) is 0 Å². The zero-order valence-electron chi connectivity index (χ0n) is 21.0. The van der Waals surface area contributed by atoms with Crippen molar-refractivity contribution in [1.29, 1.82) is 10.5 Å². The van der Waals surface area contributed by atoms with Crippen molar-refractivity contribution in [2.75, 3.05) is 16.0 Å². The minimum atomic E-state index is -0.531. The minimum Gasteiger partial charge on any atom is -0.384 e. The molecule has 2 heterocycles.